The lowest BCUT2D eigenvalue weighted by Gasteiger charge is -2.26. The fraction of sp³-hybridized carbons (Fsp3) is 0.391. The van der Waals surface area contributed by atoms with Crippen LogP contribution >= 0.6 is 0 Å². The van der Waals surface area contributed by atoms with Crippen molar-refractivity contribution >= 4 is 27.6 Å². The smallest absolute Gasteiger partial charge is 0.311 e. The van der Waals surface area contributed by atoms with Gasteiger partial charge in [0.25, 0.3) is 5.91 Å². The Bertz CT molecular complexity index is 1220. The first-order valence-corrected chi connectivity index (χ1v) is 12.7. The molecule has 0 N–H and O–H groups in total. The van der Waals surface area contributed by atoms with Gasteiger partial charge in [-0.2, -0.15) is 0 Å². The van der Waals surface area contributed by atoms with Crippen molar-refractivity contribution in [2.75, 3.05) is 37.7 Å². The third kappa shape index (κ3) is 5.48. The number of aromatic nitrogens is 1. The summed E-state index contributed by atoms with van der Waals surface area (Å²) in [5.74, 6) is -0.974. The molecule has 11 heteroatoms. The number of rotatable bonds is 7. The van der Waals surface area contributed by atoms with Gasteiger partial charge in [0.2, 0.25) is 0 Å². The highest BCUT2D eigenvalue weighted by molar-refractivity contribution is 7.91. The number of carbonyl (C=O) groups is 3. The molecule has 2 aromatic rings. The van der Waals surface area contributed by atoms with E-state index in [0.29, 0.717) is 18.8 Å². The quantitative estimate of drug-likeness (QED) is 0.543. The van der Waals surface area contributed by atoms with Crippen LogP contribution in [0.3, 0.4) is 0 Å². The highest BCUT2D eigenvalue weighted by atomic mass is 32.2. The number of urea groups is 1. The average molecular weight is 489 g/mol. The van der Waals surface area contributed by atoms with E-state index in [9.17, 15) is 27.2 Å². The first-order valence-electron chi connectivity index (χ1n) is 10.9. The zero-order chi connectivity index (χ0) is 24.5. The van der Waals surface area contributed by atoms with Crippen molar-refractivity contribution < 1.29 is 27.2 Å². The SMILES string of the molecule is CC(=O)CN1C(=O)CN(Cc2ccc(-c3ccc(F)c(CN4CCS(=O)(=O)CC4)n3)cc2)C1=O. The minimum atomic E-state index is -3.01. The van der Waals surface area contributed by atoms with Gasteiger partial charge in [0.1, 0.15) is 18.1 Å². The maximum atomic E-state index is 14.4. The summed E-state index contributed by atoms with van der Waals surface area (Å²) in [6.07, 6.45) is 0. The molecule has 2 aliphatic heterocycles. The van der Waals surface area contributed by atoms with Crippen molar-refractivity contribution in [2.45, 2.75) is 20.0 Å². The van der Waals surface area contributed by atoms with Gasteiger partial charge in [-0.25, -0.2) is 22.6 Å². The third-order valence-electron chi connectivity index (χ3n) is 5.86. The average Bonchev–Trinajstić information content (AvgIpc) is 3.04. The predicted molar refractivity (Wildman–Crippen MR) is 122 cm³/mol. The Hall–Kier alpha value is -3.18. The Balaban J connectivity index is 1.43. The molecule has 0 spiro atoms. The van der Waals surface area contributed by atoms with Gasteiger partial charge in [0, 0.05) is 31.7 Å². The van der Waals surface area contributed by atoms with Crippen molar-refractivity contribution in [3.8, 4) is 11.3 Å². The Kier molecular flexibility index (Phi) is 6.76. The fourth-order valence-electron chi connectivity index (χ4n) is 3.97. The third-order valence-corrected chi connectivity index (χ3v) is 7.47. The maximum Gasteiger partial charge on any atom is 0.327 e. The molecule has 0 bridgehead atoms. The number of carbonyl (C=O) groups excluding carboxylic acids is 3. The summed E-state index contributed by atoms with van der Waals surface area (Å²) >= 11 is 0. The molecule has 34 heavy (non-hydrogen) atoms. The van der Waals surface area contributed by atoms with Crippen molar-refractivity contribution in [3.05, 3.63) is 53.5 Å². The number of hydrogen-bond donors (Lipinski definition) is 0. The van der Waals surface area contributed by atoms with Gasteiger partial charge < -0.3 is 4.90 Å². The molecule has 3 heterocycles. The molecular weight excluding hydrogens is 463 g/mol. The van der Waals surface area contributed by atoms with Crippen LogP contribution in [-0.4, -0.2) is 83.5 Å². The van der Waals surface area contributed by atoms with E-state index in [-0.39, 0.29) is 49.2 Å². The number of sulfone groups is 1. The van der Waals surface area contributed by atoms with Crippen molar-refractivity contribution in [2.24, 2.45) is 0 Å². The Morgan fingerprint density at radius 2 is 1.71 bits per heavy atom. The van der Waals surface area contributed by atoms with Gasteiger partial charge in [-0.15, -0.1) is 0 Å². The number of ketones is 1. The Morgan fingerprint density at radius 3 is 2.35 bits per heavy atom. The van der Waals surface area contributed by atoms with E-state index >= 15 is 0 Å². The molecule has 0 unspecified atom stereocenters. The molecule has 2 aliphatic rings. The number of amides is 3. The summed E-state index contributed by atoms with van der Waals surface area (Å²) in [6, 6.07) is 9.67. The fourth-order valence-corrected chi connectivity index (χ4v) is 5.25. The van der Waals surface area contributed by atoms with Crippen LogP contribution in [0.2, 0.25) is 0 Å². The zero-order valence-corrected chi connectivity index (χ0v) is 19.6. The topological polar surface area (TPSA) is 108 Å². The molecule has 1 aromatic carbocycles. The number of benzene rings is 1. The van der Waals surface area contributed by atoms with Crippen molar-refractivity contribution in [1.29, 1.82) is 0 Å². The van der Waals surface area contributed by atoms with Gasteiger partial charge >= 0.3 is 6.03 Å². The standard InChI is InChI=1S/C23H25FN4O5S/c1-16(29)12-28-22(30)15-27(23(28)31)13-17-2-4-18(5-3-17)20-7-6-19(24)21(25-20)14-26-8-10-34(32,33)11-9-26/h2-7H,8-15H2,1H3. The molecule has 180 valence electrons. The number of hydrogen-bond acceptors (Lipinski definition) is 7. The van der Waals surface area contributed by atoms with Crippen LogP contribution in [0.4, 0.5) is 9.18 Å². The summed E-state index contributed by atoms with van der Waals surface area (Å²) in [5, 5.41) is 0. The van der Waals surface area contributed by atoms with Gasteiger partial charge in [-0.3, -0.25) is 19.4 Å². The van der Waals surface area contributed by atoms with Crippen LogP contribution in [0.25, 0.3) is 11.3 Å². The van der Waals surface area contributed by atoms with Crippen LogP contribution in [0, 0.1) is 5.82 Å². The second-order valence-corrected chi connectivity index (χ2v) is 10.9. The van der Waals surface area contributed by atoms with Crippen LogP contribution < -0.4 is 0 Å². The largest absolute Gasteiger partial charge is 0.327 e. The predicted octanol–water partition coefficient (Wildman–Crippen LogP) is 1.47. The lowest BCUT2D eigenvalue weighted by atomic mass is 10.1. The number of halogens is 1. The summed E-state index contributed by atoms with van der Waals surface area (Å²) in [7, 11) is -3.01. The number of nitrogens with zero attached hydrogens (tertiary/aromatic N) is 4. The van der Waals surface area contributed by atoms with E-state index in [4.69, 9.17) is 0 Å². The summed E-state index contributed by atoms with van der Waals surface area (Å²) < 4.78 is 37.6. The maximum absolute atomic E-state index is 14.4. The van der Waals surface area contributed by atoms with E-state index < -0.39 is 27.6 Å². The molecule has 1 aromatic heterocycles. The molecule has 0 saturated carbocycles. The zero-order valence-electron chi connectivity index (χ0n) is 18.7. The van der Waals surface area contributed by atoms with Gasteiger partial charge in [-0.1, -0.05) is 24.3 Å². The van der Waals surface area contributed by atoms with Crippen molar-refractivity contribution in [1.82, 2.24) is 19.7 Å². The molecule has 2 fully saturated rings. The minimum Gasteiger partial charge on any atom is -0.311 e. The first kappa shape index (κ1) is 24.0. The minimum absolute atomic E-state index is 0.0629. The van der Waals surface area contributed by atoms with Crippen LogP contribution in [0.5, 0.6) is 0 Å². The number of pyridine rings is 1. The first-order chi connectivity index (χ1) is 16.1. The van der Waals surface area contributed by atoms with Crippen LogP contribution in [0.1, 0.15) is 18.2 Å². The van der Waals surface area contributed by atoms with E-state index in [1.165, 1.54) is 17.9 Å². The molecule has 0 aliphatic carbocycles. The molecule has 9 nitrogen and oxygen atoms in total. The second kappa shape index (κ2) is 9.59. The highest BCUT2D eigenvalue weighted by Gasteiger charge is 2.36. The van der Waals surface area contributed by atoms with E-state index in [1.54, 1.807) is 18.2 Å². The van der Waals surface area contributed by atoms with E-state index in [0.717, 1.165) is 16.0 Å². The molecule has 2 saturated heterocycles. The lowest BCUT2D eigenvalue weighted by molar-refractivity contribution is -0.129. The number of imide groups is 1. The van der Waals surface area contributed by atoms with Crippen LogP contribution in [0.15, 0.2) is 36.4 Å². The molecule has 0 radical (unpaired) electrons. The summed E-state index contributed by atoms with van der Waals surface area (Å²) in [6.45, 7) is 2.18. The van der Waals surface area contributed by atoms with Crippen LogP contribution in [-0.2, 0) is 32.5 Å². The molecule has 3 amide bonds. The number of Topliss-reactive ketones (excluding diaryl/α,β-unsaturated/α-hetero) is 1. The molecule has 0 atom stereocenters. The summed E-state index contributed by atoms with van der Waals surface area (Å²) in [5.41, 5.74) is 2.39. The van der Waals surface area contributed by atoms with Crippen molar-refractivity contribution in [3.63, 3.8) is 0 Å². The second-order valence-electron chi connectivity index (χ2n) is 8.57. The molecule has 4 rings (SSSR count). The Morgan fingerprint density at radius 1 is 1.03 bits per heavy atom. The highest BCUT2D eigenvalue weighted by Crippen LogP contribution is 2.22. The van der Waals surface area contributed by atoms with Gasteiger partial charge in [0.05, 0.1) is 29.4 Å². The van der Waals surface area contributed by atoms with E-state index in [2.05, 4.69) is 4.98 Å². The van der Waals surface area contributed by atoms with Gasteiger partial charge in [-0.05, 0) is 24.6 Å². The lowest BCUT2D eigenvalue weighted by Crippen LogP contribution is -2.40. The summed E-state index contributed by atoms with van der Waals surface area (Å²) in [4.78, 5) is 44.4. The van der Waals surface area contributed by atoms with Gasteiger partial charge in [0.15, 0.2) is 9.84 Å². The monoisotopic (exact) mass is 488 g/mol. The van der Waals surface area contributed by atoms with E-state index in [1.807, 2.05) is 17.0 Å². The molecular formula is C23H25FN4O5S. The Labute approximate surface area is 197 Å². The normalized spacial score (nSPS) is 18.5.